The first kappa shape index (κ1) is 13.6. The third-order valence-corrected chi connectivity index (χ3v) is 2.02. The average molecular weight is 204 g/mol. The molecule has 1 rings (SSSR count). The quantitative estimate of drug-likeness (QED) is 0.535. The van der Waals surface area contributed by atoms with Crippen LogP contribution in [-0.2, 0) is 0 Å². The Balaban J connectivity index is 0.000000921. The van der Waals surface area contributed by atoms with Gasteiger partial charge in [-0.25, -0.2) is 0 Å². The lowest BCUT2D eigenvalue weighted by atomic mass is 9.96. The summed E-state index contributed by atoms with van der Waals surface area (Å²) in [4.78, 5) is 11.7. The predicted molar refractivity (Wildman–Crippen MR) is 66.1 cm³/mol. The van der Waals surface area contributed by atoms with Gasteiger partial charge in [-0.15, -0.1) is 0 Å². The molecule has 0 fully saturated rings. The van der Waals surface area contributed by atoms with Crippen LogP contribution in [-0.4, -0.2) is 5.78 Å². The number of allylic oxidation sites excluding steroid dienone is 1. The molecule has 0 aliphatic rings. The molecule has 0 aliphatic heterocycles. The van der Waals surface area contributed by atoms with Gasteiger partial charge in [0.05, 0.1) is 0 Å². The maximum atomic E-state index is 11.7. The molecule has 0 aliphatic carbocycles. The lowest BCUT2D eigenvalue weighted by Gasteiger charge is -2.07. The third kappa shape index (κ3) is 4.11. The van der Waals surface area contributed by atoms with Crippen molar-refractivity contribution in [2.45, 2.75) is 27.7 Å². The van der Waals surface area contributed by atoms with E-state index in [2.05, 4.69) is 6.58 Å². The molecule has 1 aromatic carbocycles. The van der Waals surface area contributed by atoms with Crippen molar-refractivity contribution in [3.05, 3.63) is 48.0 Å². The van der Waals surface area contributed by atoms with Crippen LogP contribution in [0.1, 0.15) is 38.1 Å². The normalized spacial score (nSPS) is 9.13. The van der Waals surface area contributed by atoms with Crippen LogP contribution < -0.4 is 0 Å². The minimum atomic E-state index is 0.0515. The van der Waals surface area contributed by atoms with Gasteiger partial charge < -0.3 is 0 Å². The fraction of sp³-hybridized carbons (Fsp3) is 0.357. The number of carbonyl (C=O) groups is 1. The van der Waals surface area contributed by atoms with Gasteiger partial charge in [0.25, 0.3) is 0 Å². The zero-order valence-corrected chi connectivity index (χ0v) is 10.1. The fourth-order valence-corrected chi connectivity index (χ4v) is 1.04. The Kier molecular flexibility index (Phi) is 6.35. The van der Waals surface area contributed by atoms with Gasteiger partial charge in [-0.2, -0.15) is 0 Å². The van der Waals surface area contributed by atoms with Crippen molar-refractivity contribution >= 4 is 5.78 Å². The smallest absolute Gasteiger partial charge is 0.188 e. The Morgan fingerprint density at radius 2 is 1.60 bits per heavy atom. The molecule has 0 atom stereocenters. The number of carbonyl (C=O) groups excluding carboxylic acids is 1. The SMILES string of the molecule is C=C(C(=O)c1ccccc1)C(C)C.CC. The molecule has 0 amide bonds. The first-order chi connectivity index (χ1) is 7.13. The van der Waals surface area contributed by atoms with Gasteiger partial charge in [0, 0.05) is 5.56 Å². The van der Waals surface area contributed by atoms with Crippen molar-refractivity contribution in [1.82, 2.24) is 0 Å². The molecule has 0 aromatic heterocycles. The predicted octanol–water partition coefficient (Wildman–Crippen LogP) is 4.11. The molecule has 0 bridgehead atoms. The Labute approximate surface area is 92.8 Å². The summed E-state index contributed by atoms with van der Waals surface area (Å²) in [6.45, 7) is 11.7. The first-order valence-corrected chi connectivity index (χ1v) is 5.41. The van der Waals surface area contributed by atoms with Crippen LogP contribution in [0.2, 0.25) is 0 Å². The van der Waals surface area contributed by atoms with E-state index >= 15 is 0 Å². The minimum absolute atomic E-state index is 0.0515. The largest absolute Gasteiger partial charge is 0.289 e. The van der Waals surface area contributed by atoms with E-state index in [4.69, 9.17) is 0 Å². The van der Waals surface area contributed by atoms with E-state index < -0.39 is 0 Å². The second-order valence-electron chi connectivity index (χ2n) is 3.38. The van der Waals surface area contributed by atoms with Gasteiger partial charge in [-0.05, 0) is 11.5 Å². The molecule has 0 N–H and O–H groups in total. The molecule has 1 aromatic rings. The van der Waals surface area contributed by atoms with E-state index in [0.29, 0.717) is 5.57 Å². The molecule has 15 heavy (non-hydrogen) atoms. The molecule has 82 valence electrons. The number of hydrogen-bond acceptors (Lipinski definition) is 1. The van der Waals surface area contributed by atoms with Gasteiger partial charge in [0.2, 0.25) is 0 Å². The summed E-state index contributed by atoms with van der Waals surface area (Å²) in [5.41, 5.74) is 1.40. The molecule has 0 saturated heterocycles. The lowest BCUT2D eigenvalue weighted by molar-refractivity contribution is 0.102. The van der Waals surface area contributed by atoms with Crippen LogP contribution in [0.5, 0.6) is 0 Å². The van der Waals surface area contributed by atoms with Crippen LogP contribution in [0, 0.1) is 5.92 Å². The van der Waals surface area contributed by atoms with E-state index in [1.165, 1.54) is 0 Å². The van der Waals surface area contributed by atoms with Crippen LogP contribution in [0.4, 0.5) is 0 Å². The summed E-state index contributed by atoms with van der Waals surface area (Å²) < 4.78 is 0. The molecule has 0 unspecified atom stereocenters. The fourth-order valence-electron chi connectivity index (χ4n) is 1.04. The van der Waals surface area contributed by atoms with Gasteiger partial charge in [0.15, 0.2) is 5.78 Å². The average Bonchev–Trinajstić information content (AvgIpc) is 2.31. The molecule has 0 saturated carbocycles. The summed E-state index contributed by atoms with van der Waals surface area (Å²) in [5.74, 6) is 0.267. The van der Waals surface area contributed by atoms with Gasteiger partial charge in [0.1, 0.15) is 0 Å². The second kappa shape index (κ2) is 6.99. The summed E-state index contributed by atoms with van der Waals surface area (Å²) in [5, 5.41) is 0. The number of ketones is 1. The van der Waals surface area contributed by atoms with E-state index in [0.717, 1.165) is 5.56 Å². The Bertz CT molecular complexity index is 309. The highest BCUT2D eigenvalue weighted by molar-refractivity contribution is 6.08. The first-order valence-electron chi connectivity index (χ1n) is 5.41. The molecule has 0 radical (unpaired) electrons. The summed E-state index contributed by atoms with van der Waals surface area (Å²) >= 11 is 0. The summed E-state index contributed by atoms with van der Waals surface area (Å²) in [7, 11) is 0. The zero-order chi connectivity index (χ0) is 11.8. The topological polar surface area (TPSA) is 17.1 Å². The van der Waals surface area contributed by atoms with Gasteiger partial charge in [-0.1, -0.05) is 64.6 Å². The number of Topliss-reactive ketones (excluding diaryl/α,β-unsaturated/α-hetero) is 1. The summed E-state index contributed by atoms with van der Waals surface area (Å²) in [6.07, 6.45) is 0. The second-order valence-corrected chi connectivity index (χ2v) is 3.38. The summed E-state index contributed by atoms with van der Waals surface area (Å²) in [6, 6.07) is 9.25. The van der Waals surface area contributed by atoms with E-state index in [-0.39, 0.29) is 11.7 Å². The van der Waals surface area contributed by atoms with Crippen molar-refractivity contribution in [2.75, 3.05) is 0 Å². The van der Waals surface area contributed by atoms with E-state index in [1.807, 2.05) is 58.0 Å². The molecule has 0 spiro atoms. The Morgan fingerprint density at radius 3 is 2.00 bits per heavy atom. The highest BCUT2D eigenvalue weighted by Gasteiger charge is 2.11. The standard InChI is InChI=1S/C12H14O.C2H6/c1-9(2)10(3)12(13)11-7-5-4-6-8-11;1-2/h4-9H,3H2,1-2H3;1-2H3. The van der Waals surface area contributed by atoms with E-state index in [1.54, 1.807) is 0 Å². The lowest BCUT2D eigenvalue weighted by Crippen LogP contribution is -2.07. The van der Waals surface area contributed by atoms with Crippen molar-refractivity contribution in [3.63, 3.8) is 0 Å². The molecular weight excluding hydrogens is 184 g/mol. The maximum absolute atomic E-state index is 11.7. The van der Waals surface area contributed by atoms with Crippen molar-refractivity contribution in [1.29, 1.82) is 0 Å². The highest BCUT2D eigenvalue weighted by Crippen LogP contribution is 2.13. The Hall–Kier alpha value is -1.37. The van der Waals surface area contributed by atoms with Crippen LogP contribution in [0.25, 0.3) is 0 Å². The molecule has 0 heterocycles. The van der Waals surface area contributed by atoms with Crippen LogP contribution in [0.15, 0.2) is 42.5 Å². The van der Waals surface area contributed by atoms with Crippen molar-refractivity contribution in [3.8, 4) is 0 Å². The van der Waals surface area contributed by atoms with E-state index in [9.17, 15) is 4.79 Å². The third-order valence-electron chi connectivity index (χ3n) is 2.02. The minimum Gasteiger partial charge on any atom is -0.289 e. The van der Waals surface area contributed by atoms with Crippen molar-refractivity contribution in [2.24, 2.45) is 5.92 Å². The maximum Gasteiger partial charge on any atom is 0.188 e. The monoisotopic (exact) mass is 204 g/mol. The zero-order valence-electron chi connectivity index (χ0n) is 10.1. The van der Waals surface area contributed by atoms with Gasteiger partial charge in [-0.3, -0.25) is 4.79 Å². The molecule has 1 heteroatoms. The number of rotatable bonds is 3. The van der Waals surface area contributed by atoms with Crippen LogP contribution in [0.3, 0.4) is 0 Å². The number of benzene rings is 1. The number of hydrogen-bond donors (Lipinski definition) is 0. The van der Waals surface area contributed by atoms with Gasteiger partial charge >= 0.3 is 0 Å². The Morgan fingerprint density at radius 1 is 1.13 bits per heavy atom. The van der Waals surface area contributed by atoms with Crippen molar-refractivity contribution < 1.29 is 4.79 Å². The van der Waals surface area contributed by atoms with Crippen LogP contribution >= 0.6 is 0 Å². The molecule has 1 nitrogen and oxygen atoms in total. The highest BCUT2D eigenvalue weighted by atomic mass is 16.1. The molecular formula is C14H20O.